The minimum atomic E-state index is -3.62. The molecule has 0 spiro atoms. The zero-order chi connectivity index (χ0) is 22.6. The molecule has 2 aromatic carbocycles. The molecule has 0 aliphatic rings. The number of rotatable bonds is 6. The molecule has 162 valence electrons. The van der Waals surface area contributed by atoms with Crippen LogP contribution < -0.4 is 10.9 Å². The maximum atomic E-state index is 12.4. The SMILES string of the molecule is O=C(NNC(=O)c1ccc(CS(=O)(=O)c2ccccc2)o1)c1cn(-c2ccccc2)nn1. The molecular formula is C21H17N5O5S. The molecule has 4 aromatic rings. The van der Waals surface area contributed by atoms with Gasteiger partial charge in [-0.1, -0.05) is 41.6 Å². The lowest BCUT2D eigenvalue weighted by Gasteiger charge is -2.04. The zero-order valence-electron chi connectivity index (χ0n) is 16.5. The lowest BCUT2D eigenvalue weighted by molar-refractivity contribution is 0.0827. The number of aromatic nitrogens is 3. The normalized spacial score (nSPS) is 11.1. The van der Waals surface area contributed by atoms with Gasteiger partial charge in [0.25, 0.3) is 5.91 Å². The van der Waals surface area contributed by atoms with Crippen LogP contribution in [0.2, 0.25) is 0 Å². The van der Waals surface area contributed by atoms with E-state index in [0.717, 1.165) is 5.69 Å². The van der Waals surface area contributed by atoms with Crippen molar-refractivity contribution in [3.05, 3.63) is 96.2 Å². The van der Waals surface area contributed by atoms with Crippen molar-refractivity contribution in [2.24, 2.45) is 0 Å². The smallest absolute Gasteiger partial charge is 0.305 e. The van der Waals surface area contributed by atoms with E-state index in [1.54, 1.807) is 30.3 Å². The van der Waals surface area contributed by atoms with Gasteiger partial charge in [0, 0.05) is 0 Å². The first kappa shape index (κ1) is 21.0. The molecule has 0 saturated heterocycles. The van der Waals surface area contributed by atoms with Gasteiger partial charge in [-0.25, -0.2) is 13.1 Å². The molecule has 0 aliphatic carbocycles. The van der Waals surface area contributed by atoms with E-state index in [2.05, 4.69) is 21.2 Å². The van der Waals surface area contributed by atoms with Gasteiger partial charge in [0.15, 0.2) is 21.3 Å². The number of carbonyl (C=O) groups excluding carboxylic acids is 2. The van der Waals surface area contributed by atoms with Gasteiger partial charge < -0.3 is 4.42 Å². The van der Waals surface area contributed by atoms with Gasteiger partial charge in [0.1, 0.15) is 11.5 Å². The number of benzene rings is 2. The van der Waals surface area contributed by atoms with Crippen LogP contribution in [0.4, 0.5) is 0 Å². The molecule has 0 saturated carbocycles. The molecule has 0 aliphatic heterocycles. The molecule has 2 amide bonds. The lowest BCUT2D eigenvalue weighted by atomic mass is 10.3. The van der Waals surface area contributed by atoms with Crippen molar-refractivity contribution >= 4 is 21.7 Å². The number of hydrogen-bond donors (Lipinski definition) is 2. The fourth-order valence-electron chi connectivity index (χ4n) is 2.79. The van der Waals surface area contributed by atoms with E-state index in [9.17, 15) is 18.0 Å². The molecule has 0 fully saturated rings. The highest BCUT2D eigenvalue weighted by Crippen LogP contribution is 2.18. The van der Waals surface area contributed by atoms with Gasteiger partial charge in [-0.3, -0.25) is 20.4 Å². The van der Waals surface area contributed by atoms with Gasteiger partial charge in [-0.05, 0) is 36.4 Å². The van der Waals surface area contributed by atoms with Crippen LogP contribution in [-0.2, 0) is 15.6 Å². The van der Waals surface area contributed by atoms with Crippen molar-refractivity contribution in [2.75, 3.05) is 0 Å². The minimum absolute atomic E-state index is 0.0109. The molecule has 2 heterocycles. The van der Waals surface area contributed by atoms with E-state index in [0.29, 0.717) is 0 Å². The Morgan fingerprint density at radius 3 is 2.25 bits per heavy atom. The molecule has 32 heavy (non-hydrogen) atoms. The summed E-state index contributed by atoms with van der Waals surface area (Å²) in [6.07, 6.45) is 1.41. The minimum Gasteiger partial charge on any atom is -0.455 e. The van der Waals surface area contributed by atoms with Crippen LogP contribution in [0.1, 0.15) is 26.8 Å². The van der Waals surface area contributed by atoms with Crippen LogP contribution >= 0.6 is 0 Å². The largest absolute Gasteiger partial charge is 0.455 e. The number of sulfone groups is 1. The number of hydrazine groups is 1. The monoisotopic (exact) mass is 451 g/mol. The zero-order valence-corrected chi connectivity index (χ0v) is 17.3. The summed E-state index contributed by atoms with van der Waals surface area (Å²) >= 11 is 0. The first-order chi connectivity index (χ1) is 15.4. The summed E-state index contributed by atoms with van der Waals surface area (Å²) in [5.74, 6) is -1.90. The average Bonchev–Trinajstić information content (AvgIpc) is 3.48. The average molecular weight is 451 g/mol. The Balaban J connectivity index is 1.35. The number of hydrogen-bond acceptors (Lipinski definition) is 7. The quantitative estimate of drug-likeness (QED) is 0.427. The van der Waals surface area contributed by atoms with Gasteiger partial charge >= 0.3 is 5.91 Å². The Labute approximate surface area is 182 Å². The fourth-order valence-corrected chi connectivity index (χ4v) is 4.06. The van der Waals surface area contributed by atoms with E-state index in [1.807, 2.05) is 18.2 Å². The highest BCUT2D eigenvalue weighted by Gasteiger charge is 2.20. The summed E-state index contributed by atoms with van der Waals surface area (Å²) in [6.45, 7) is 0. The van der Waals surface area contributed by atoms with Gasteiger partial charge in [0.05, 0.1) is 16.8 Å². The van der Waals surface area contributed by atoms with E-state index < -0.39 is 27.4 Å². The number of nitrogens with one attached hydrogen (secondary N) is 2. The van der Waals surface area contributed by atoms with Crippen LogP contribution in [0, 0.1) is 0 Å². The summed E-state index contributed by atoms with van der Waals surface area (Å²) < 4.78 is 31.6. The van der Waals surface area contributed by atoms with Crippen molar-refractivity contribution in [3.8, 4) is 5.69 Å². The van der Waals surface area contributed by atoms with Crippen molar-refractivity contribution in [2.45, 2.75) is 10.6 Å². The Kier molecular flexibility index (Phi) is 5.81. The van der Waals surface area contributed by atoms with Gasteiger partial charge in [-0.15, -0.1) is 5.10 Å². The molecule has 2 aromatic heterocycles. The lowest BCUT2D eigenvalue weighted by Crippen LogP contribution is -2.41. The maximum Gasteiger partial charge on any atom is 0.305 e. The molecule has 0 radical (unpaired) electrons. The van der Waals surface area contributed by atoms with Crippen molar-refractivity contribution < 1.29 is 22.4 Å². The number of nitrogens with zero attached hydrogens (tertiary/aromatic N) is 3. The third-order valence-corrected chi connectivity index (χ3v) is 6.01. The summed E-state index contributed by atoms with van der Waals surface area (Å²) in [4.78, 5) is 24.6. The predicted octanol–water partition coefficient (Wildman–Crippen LogP) is 1.91. The highest BCUT2D eigenvalue weighted by atomic mass is 32.2. The van der Waals surface area contributed by atoms with E-state index >= 15 is 0 Å². The summed E-state index contributed by atoms with van der Waals surface area (Å²) in [6, 6.07) is 19.7. The summed E-state index contributed by atoms with van der Waals surface area (Å²) in [5, 5.41) is 7.65. The van der Waals surface area contributed by atoms with Gasteiger partial charge in [0.2, 0.25) is 0 Å². The van der Waals surface area contributed by atoms with Crippen LogP contribution in [0.15, 0.2) is 88.3 Å². The second kappa shape index (κ2) is 8.86. The van der Waals surface area contributed by atoms with E-state index in [4.69, 9.17) is 4.42 Å². The Hall–Kier alpha value is -4.25. The Morgan fingerprint density at radius 1 is 0.875 bits per heavy atom. The summed E-state index contributed by atoms with van der Waals surface area (Å²) in [7, 11) is -3.62. The van der Waals surface area contributed by atoms with Crippen LogP contribution in [0.25, 0.3) is 5.69 Å². The van der Waals surface area contributed by atoms with Crippen molar-refractivity contribution in [3.63, 3.8) is 0 Å². The number of carbonyl (C=O) groups is 2. The second-order valence-electron chi connectivity index (χ2n) is 6.63. The molecular weight excluding hydrogens is 434 g/mol. The second-order valence-corrected chi connectivity index (χ2v) is 8.62. The first-order valence-corrected chi connectivity index (χ1v) is 11.0. The molecule has 10 nitrogen and oxygen atoms in total. The fraction of sp³-hybridized carbons (Fsp3) is 0.0476. The molecule has 4 rings (SSSR count). The molecule has 0 atom stereocenters. The van der Waals surface area contributed by atoms with E-state index in [1.165, 1.54) is 35.1 Å². The highest BCUT2D eigenvalue weighted by molar-refractivity contribution is 7.90. The molecule has 2 N–H and O–H groups in total. The predicted molar refractivity (Wildman–Crippen MR) is 112 cm³/mol. The maximum absolute atomic E-state index is 12.4. The van der Waals surface area contributed by atoms with Crippen molar-refractivity contribution in [1.82, 2.24) is 25.8 Å². The Morgan fingerprint density at radius 2 is 1.53 bits per heavy atom. The summed E-state index contributed by atoms with van der Waals surface area (Å²) in [5.41, 5.74) is 5.12. The first-order valence-electron chi connectivity index (χ1n) is 9.37. The number of furan rings is 1. The third-order valence-electron chi connectivity index (χ3n) is 4.36. The number of para-hydroxylation sites is 1. The Bertz CT molecular complexity index is 1350. The van der Waals surface area contributed by atoms with Crippen LogP contribution in [-0.4, -0.2) is 35.2 Å². The van der Waals surface area contributed by atoms with E-state index in [-0.39, 0.29) is 22.1 Å². The topological polar surface area (TPSA) is 136 Å². The standard InChI is InChI=1S/C21H17N5O5S/c27-20(18-13-26(25-22-18)15-7-3-1-4-8-15)23-24-21(28)19-12-11-16(31-19)14-32(29,30)17-9-5-2-6-10-17/h1-13H,14H2,(H,23,27)(H,24,28). The molecule has 11 heteroatoms. The molecule has 0 bridgehead atoms. The van der Waals surface area contributed by atoms with Crippen LogP contribution in [0.5, 0.6) is 0 Å². The van der Waals surface area contributed by atoms with Crippen LogP contribution in [0.3, 0.4) is 0 Å². The molecule has 0 unspecified atom stereocenters. The number of amides is 2. The van der Waals surface area contributed by atoms with Crippen molar-refractivity contribution in [1.29, 1.82) is 0 Å². The third kappa shape index (κ3) is 4.73. The van der Waals surface area contributed by atoms with Gasteiger partial charge in [-0.2, -0.15) is 0 Å².